The predicted octanol–water partition coefficient (Wildman–Crippen LogP) is 6.86. The predicted molar refractivity (Wildman–Crippen MR) is 156 cm³/mol. The summed E-state index contributed by atoms with van der Waals surface area (Å²) in [5.41, 5.74) is 5.13. The standard InChI is InChI=1S/C32H46N4O2/c1-4-6-9-23-35(22-7-5-2)32(37)27-18-24-36-30(25-27)29(13-12-21-34-19-10-8-11-20-34)31(33-36)26-14-16-28(38-3)17-15-26/h14-18,24-25H,4-13,19-23H2,1-3H3. The van der Waals surface area contributed by atoms with E-state index in [1.807, 2.05) is 28.9 Å². The Balaban J connectivity index is 1.63. The van der Waals surface area contributed by atoms with Crippen LogP contribution in [0, 0.1) is 0 Å². The Morgan fingerprint density at radius 2 is 1.68 bits per heavy atom. The third kappa shape index (κ3) is 7.16. The maximum Gasteiger partial charge on any atom is 0.253 e. The molecule has 206 valence electrons. The molecular formula is C32H46N4O2. The van der Waals surface area contributed by atoms with Crippen LogP contribution in [0.2, 0.25) is 0 Å². The molecule has 0 unspecified atom stereocenters. The van der Waals surface area contributed by atoms with Crippen LogP contribution in [0.15, 0.2) is 42.6 Å². The summed E-state index contributed by atoms with van der Waals surface area (Å²) in [7, 11) is 1.69. The molecule has 3 aromatic rings. The van der Waals surface area contributed by atoms with Gasteiger partial charge in [-0.25, -0.2) is 4.52 Å². The average Bonchev–Trinajstić information content (AvgIpc) is 3.33. The Kier molecular flexibility index (Phi) is 10.6. The lowest BCUT2D eigenvalue weighted by Gasteiger charge is -2.26. The number of ether oxygens (including phenoxy) is 1. The second-order valence-corrected chi connectivity index (χ2v) is 10.7. The number of fused-ring (bicyclic) bond motifs is 1. The van der Waals surface area contributed by atoms with E-state index in [-0.39, 0.29) is 5.91 Å². The fraction of sp³-hybridized carbons (Fsp3) is 0.562. The highest BCUT2D eigenvalue weighted by molar-refractivity contribution is 5.95. The molecule has 0 saturated carbocycles. The number of rotatable bonds is 14. The molecule has 0 spiro atoms. The van der Waals surface area contributed by atoms with Crippen molar-refractivity contribution in [3.63, 3.8) is 0 Å². The smallest absolute Gasteiger partial charge is 0.253 e. The summed E-state index contributed by atoms with van der Waals surface area (Å²) in [6.07, 6.45) is 13.5. The number of aromatic nitrogens is 2. The van der Waals surface area contributed by atoms with Gasteiger partial charge in [0.1, 0.15) is 5.75 Å². The van der Waals surface area contributed by atoms with Crippen molar-refractivity contribution in [2.24, 2.45) is 0 Å². The number of methoxy groups -OCH3 is 1. The maximum atomic E-state index is 13.6. The van der Waals surface area contributed by atoms with Crippen LogP contribution in [0.4, 0.5) is 0 Å². The van der Waals surface area contributed by atoms with Crippen molar-refractivity contribution in [3.8, 4) is 17.0 Å². The molecule has 3 heterocycles. The van der Waals surface area contributed by atoms with E-state index in [0.717, 1.165) is 92.7 Å². The average molecular weight is 519 g/mol. The SMILES string of the molecule is CCCCCN(CCCC)C(=O)c1ccn2nc(-c3ccc(OC)cc3)c(CCCN3CCCCC3)c2c1. The van der Waals surface area contributed by atoms with E-state index in [1.165, 1.54) is 37.9 Å². The Labute approximate surface area is 229 Å². The van der Waals surface area contributed by atoms with Crippen LogP contribution in [0.5, 0.6) is 5.75 Å². The summed E-state index contributed by atoms with van der Waals surface area (Å²) >= 11 is 0. The number of hydrogen-bond acceptors (Lipinski definition) is 4. The minimum Gasteiger partial charge on any atom is -0.497 e. The molecule has 1 saturated heterocycles. The molecule has 0 bridgehead atoms. The first-order valence-electron chi connectivity index (χ1n) is 14.8. The number of likely N-dealkylation sites (tertiary alicyclic amines) is 1. The molecule has 1 aliphatic rings. The third-order valence-electron chi connectivity index (χ3n) is 7.80. The molecule has 2 aromatic heterocycles. The first kappa shape index (κ1) is 28.2. The van der Waals surface area contributed by atoms with Crippen LogP contribution in [0.25, 0.3) is 16.8 Å². The molecule has 1 aromatic carbocycles. The van der Waals surface area contributed by atoms with E-state index in [0.29, 0.717) is 0 Å². The van der Waals surface area contributed by atoms with Gasteiger partial charge in [0.25, 0.3) is 5.91 Å². The monoisotopic (exact) mass is 518 g/mol. The minimum absolute atomic E-state index is 0.142. The topological polar surface area (TPSA) is 50.1 Å². The Bertz CT molecular complexity index is 1150. The molecule has 6 nitrogen and oxygen atoms in total. The van der Waals surface area contributed by atoms with E-state index in [9.17, 15) is 4.79 Å². The molecule has 1 fully saturated rings. The number of unbranched alkanes of at least 4 members (excludes halogenated alkanes) is 3. The van der Waals surface area contributed by atoms with Crippen molar-refractivity contribution in [2.75, 3.05) is 39.8 Å². The second kappa shape index (κ2) is 14.3. The zero-order valence-corrected chi connectivity index (χ0v) is 23.8. The number of carbonyl (C=O) groups excluding carboxylic acids is 1. The van der Waals surface area contributed by atoms with Gasteiger partial charge in [-0.2, -0.15) is 5.10 Å². The van der Waals surface area contributed by atoms with Gasteiger partial charge in [-0.1, -0.05) is 39.5 Å². The highest BCUT2D eigenvalue weighted by atomic mass is 16.5. The first-order valence-corrected chi connectivity index (χ1v) is 14.8. The lowest BCUT2D eigenvalue weighted by Crippen LogP contribution is -2.33. The van der Waals surface area contributed by atoms with Crippen LogP contribution < -0.4 is 4.74 Å². The van der Waals surface area contributed by atoms with E-state index in [4.69, 9.17) is 9.84 Å². The zero-order valence-electron chi connectivity index (χ0n) is 23.8. The lowest BCUT2D eigenvalue weighted by atomic mass is 10.0. The normalized spacial score (nSPS) is 14.2. The zero-order chi connectivity index (χ0) is 26.7. The number of carbonyl (C=O) groups is 1. The van der Waals surface area contributed by atoms with Crippen LogP contribution >= 0.6 is 0 Å². The molecule has 6 heteroatoms. The maximum absolute atomic E-state index is 13.6. The van der Waals surface area contributed by atoms with Gasteiger partial charge in [-0.05, 0) is 94.6 Å². The van der Waals surface area contributed by atoms with Crippen molar-refractivity contribution >= 4 is 11.4 Å². The van der Waals surface area contributed by atoms with Gasteiger partial charge in [0, 0.05) is 36.0 Å². The number of pyridine rings is 1. The van der Waals surface area contributed by atoms with Crippen LogP contribution in [-0.4, -0.2) is 65.2 Å². The van der Waals surface area contributed by atoms with Gasteiger partial charge in [0.15, 0.2) is 0 Å². The highest BCUT2D eigenvalue weighted by Crippen LogP contribution is 2.30. The number of aryl methyl sites for hydroxylation is 1. The number of nitrogens with zero attached hydrogens (tertiary/aromatic N) is 4. The van der Waals surface area contributed by atoms with Crippen LogP contribution in [0.1, 0.15) is 87.6 Å². The van der Waals surface area contributed by atoms with Crippen LogP contribution in [0.3, 0.4) is 0 Å². The third-order valence-corrected chi connectivity index (χ3v) is 7.80. The van der Waals surface area contributed by atoms with Crippen molar-refractivity contribution < 1.29 is 9.53 Å². The highest BCUT2D eigenvalue weighted by Gasteiger charge is 2.20. The summed E-state index contributed by atoms with van der Waals surface area (Å²) < 4.78 is 7.34. The van der Waals surface area contributed by atoms with Gasteiger partial charge in [-0.15, -0.1) is 0 Å². The number of hydrogen-bond donors (Lipinski definition) is 0. The molecular weight excluding hydrogens is 472 g/mol. The largest absolute Gasteiger partial charge is 0.497 e. The minimum atomic E-state index is 0.142. The van der Waals surface area contributed by atoms with Crippen LogP contribution in [-0.2, 0) is 6.42 Å². The summed E-state index contributed by atoms with van der Waals surface area (Å²) in [4.78, 5) is 18.3. The fourth-order valence-corrected chi connectivity index (χ4v) is 5.52. The van der Waals surface area contributed by atoms with Gasteiger partial charge >= 0.3 is 0 Å². The lowest BCUT2D eigenvalue weighted by molar-refractivity contribution is 0.0750. The van der Waals surface area contributed by atoms with E-state index < -0.39 is 0 Å². The molecule has 0 atom stereocenters. The molecule has 0 radical (unpaired) electrons. The summed E-state index contributed by atoms with van der Waals surface area (Å²) in [5, 5.41) is 5.00. The van der Waals surface area contributed by atoms with Gasteiger partial charge < -0.3 is 14.5 Å². The molecule has 4 rings (SSSR count). The Morgan fingerprint density at radius 3 is 2.39 bits per heavy atom. The first-order chi connectivity index (χ1) is 18.6. The van der Waals surface area contributed by atoms with Gasteiger partial charge in [-0.3, -0.25) is 4.79 Å². The second-order valence-electron chi connectivity index (χ2n) is 10.7. The van der Waals surface area contributed by atoms with E-state index in [1.54, 1.807) is 7.11 Å². The number of piperidine rings is 1. The quantitative estimate of drug-likeness (QED) is 0.219. The molecule has 38 heavy (non-hydrogen) atoms. The van der Waals surface area contributed by atoms with Crippen molar-refractivity contribution in [3.05, 3.63) is 53.7 Å². The van der Waals surface area contributed by atoms with Gasteiger partial charge in [0.05, 0.1) is 18.3 Å². The molecule has 0 N–H and O–H groups in total. The van der Waals surface area contributed by atoms with Crippen molar-refractivity contribution in [2.45, 2.75) is 78.1 Å². The van der Waals surface area contributed by atoms with E-state index in [2.05, 4.69) is 41.8 Å². The molecule has 0 aliphatic carbocycles. The molecule has 1 amide bonds. The van der Waals surface area contributed by atoms with Gasteiger partial charge in [0.2, 0.25) is 0 Å². The summed E-state index contributed by atoms with van der Waals surface area (Å²) in [5.74, 6) is 0.982. The Morgan fingerprint density at radius 1 is 0.947 bits per heavy atom. The molecule has 1 aliphatic heterocycles. The summed E-state index contributed by atoms with van der Waals surface area (Å²) in [6, 6.07) is 12.2. The number of amides is 1. The van der Waals surface area contributed by atoms with Crippen molar-refractivity contribution in [1.82, 2.24) is 19.4 Å². The fourth-order valence-electron chi connectivity index (χ4n) is 5.52. The summed E-state index contributed by atoms with van der Waals surface area (Å²) in [6.45, 7) is 9.58. The van der Waals surface area contributed by atoms with Crippen molar-refractivity contribution in [1.29, 1.82) is 0 Å². The Hall–Kier alpha value is -2.86. The van der Waals surface area contributed by atoms with E-state index >= 15 is 0 Å². The number of benzene rings is 1.